The molecule has 0 fully saturated rings. The number of nitrogens with zero attached hydrogens (tertiary/aromatic N) is 4. The summed E-state index contributed by atoms with van der Waals surface area (Å²) >= 11 is 3.44. The van der Waals surface area contributed by atoms with Gasteiger partial charge in [0.25, 0.3) is 0 Å². The summed E-state index contributed by atoms with van der Waals surface area (Å²) in [4.78, 5) is 4.24. The van der Waals surface area contributed by atoms with Crippen LogP contribution >= 0.6 is 15.9 Å². The highest BCUT2D eigenvalue weighted by atomic mass is 79.9. The van der Waals surface area contributed by atoms with Crippen molar-refractivity contribution in [1.82, 2.24) is 14.8 Å². The standard InChI is InChI=1S/C13H7BrN4.C2H6/c14-10-5-4-9-8-16-18(12(9)6-10)13-3-1-2-11(7-15)17-13;1-2/h1-6,8H;1-2H3. The van der Waals surface area contributed by atoms with Crippen molar-refractivity contribution >= 4 is 26.8 Å². The van der Waals surface area contributed by atoms with Gasteiger partial charge >= 0.3 is 0 Å². The highest BCUT2D eigenvalue weighted by Crippen LogP contribution is 2.21. The van der Waals surface area contributed by atoms with E-state index in [9.17, 15) is 0 Å². The Morgan fingerprint density at radius 3 is 2.75 bits per heavy atom. The summed E-state index contributed by atoms with van der Waals surface area (Å²) in [5.74, 6) is 0.641. The van der Waals surface area contributed by atoms with Gasteiger partial charge in [0.2, 0.25) is 0 Å². The Hall–Kier alpha value is -2.19. The molecule has 3 rings (SSSR count). The van der Waals surface area contributed by atoms with E-state index in [-0.39, 0.29) is 0 Å². The second-order valence-electron chi connectivity index (χ2n) is 3.75. The summed E-state index contributed by atoms with van der Waals surface area (Å²) in [7, 11) is 0. The maximum Gasteiger partial charge on any atom is 0.155 e. The molecule has 0 unspecified atom stereocenters. The fourth-order valence-electron chi connectivity index (χ4n) is 1.78. The second-order valence-corrected chi connectivity index (χ2v) is 4.67. The molecule has 100 valence electrons. The first-order valence-electron chi connectivity index (χ1n) is 6.29. The molecule has 0 atom stereocenters. The highest BCUT2D eigenvalue weighted by molar-refractivity contribution is 9.10. The third-order valence-corrected chi connectivity index (χ3v) is 3.09. The van der Waals surface area contributed by atoms with Gasteiger partial charge in [0, 0.05) is 9.86 Å². The normalized spacial score (nSPS) is 9.70. The van der Waals surface area contributed by atoms with Crippen LogP contribution in [0, 0.1) is 11.3 Å². The van der Waals surface area contributed by atoms with Crippen LogP contribution in [0.2, 0.25) is 0 Å². The Morgan fingerprint density at radius 2 is 2.00 bits per heavy atom. The minimum Gasteiger partial charge on any atom is -0.218 e. The Morgan fingerprint density at radius 1 is 1.20 bits per heavy atom. The van der Waals surface area contributed by atoms with Gasteiger partial charge in [0.15, 0.2) is 5.82 Å². The first-order valence-corrected chi connectivity index (χ1v) is 7.08. The number of halogens is 1. The number of pyridine rings is 1. The summed E-state index contributed by atoms with van der Waals surface area (Å²) < 4.78 is 2.70. The average molecular weight is 329 g/mol. The van der Waals surface area contributed by atoms with Gasteiger partial charge in [0.1, 0.15) is 11.8 Å². The molecule has 4 nitrogen and oxygen atoms in total. The molecular formula is C15H13BrN4. The van der Waals surface area contributed by atoms with Crippen LogP contribution in [0.5, 0.6) is 0 Å². The summed E-state index contributed by atoms with van der Waals surface area (Å²) in [6.45, 7) is 4.00. The van der Waals surface area contributed by atoms with Crippen molar-refractivity contribution in [3.63, 3.8) is 0 Å². The number of nitriles is 1. The van der Waals surface area contributed by atoms with Crippen LogP contribution in [-0.2, 0) is 0 Å². The zero-order chi connectivity index (χ0) is 14.5. The summed E-state index contributed by atoms with van der Waals surface area (Å²) in [5.41, 5.74) is 1.33. The lowest BCUT2D eigenvalue weighted by molar-refractivity contribution is 0.871. The van der Waals surface area contributed by atoms with Gasteiger partial charge in [-0.05, 0) is 24.3 Å². The minimum absolute atomic E-state index is 0.381. The summed E-state index contributed by atoms with van der Waals surface area (Å²) in [6.07, 6.45) is 1.78. The molecule has 0 spiro atoms. The van der Waals surface area contributed by atoms with Crippen LogP contribution in [0.25, 0.3) is 16.7 Å². The average Bonchev–Trinajstić information content (AvgIpc) is 2.92. The van der Waals surface area contributed by atoms with Crippen molar-refractivity contribution in [3.8, 4) is 11.9 Å². The number of hydrogen-bond donors (Lipinski definition) is 0. The number of benzene rings is 1. The lowest BCUT2D eigenvalue weighted by Crippen LogP contribution is -2.00. The maximum absolute atomic E-state index is 8.87. The van der Waals surface area contributed by atoms with Crippen molar-refractivity contribution in [1.29, 1.82) is 5.26 Å². The third kappa shape index (κ3) is 2.70. The largest absolute Gasteiger partial charge is 0.218 e. The van der Waals surface area contributed by atoms with Crippen LogP contribution < -0.4 is 0 Å². The monoisotopic (exact) mass is 328 g/mol. The van der Waals surface area contributed by atoms with E-state index in [1.807, 2.05) is 44.2 Å². The van der Waals surface area contributed by atoms with Gasteiger partial charge in [-0.1, -0.05) is 41.9 Å². The Labute approximate surface area is 125 Å². The molecule has 0 N–H and O–H groups in total. The zero-order valence-corrected chi connectivity index (χ0v) is 12.8. The lowest BCUT2D eigenvalue weighted by atomic mass is 10.2. The fraction of sp³-hybridized carbons (Fsp3) is 0.133. The van der Waals surface area contributed by atoms with Crippen molar-refractivity contribution in [2.24, 2.45) is 0 Å². The van der Waals surface area contributed by atoms with E-state index in [1.165, 1.54) is 0 Å². The summed E-state index contributed by atoms with van der Waals surface area (Å²) in [5, 5.41) is 14.2. The second kappa shape index (κ2) is 6.31. The number of rotatable bonds is 1. The molecule has 20 heavy (non-hydrogen) atoms. The quantitative estimate of drug-likeness (QED) is 0.676. The van der Waals surface area contributed by atoms with Gasteiger partial charge in [-0.3, -0.25) is 0 Å². The molecule has 2 heterocycles. The molecule has 1 aromatic carbocycles. The van der Waals surface area contributed by atoms with Crippen LogP contribution in [-0.4, -0.2) is 14.8 Å². The first-order chi connectivity index (χ1) is 9.78. The van der Waals surface area contributed by atoms with Crippen molar-refractivity contribution < 1.29 is 0 Å². The van der Waals surface area contributed by atoms with Gasteiger partial charge < -0.3 is 0 Å². The molecule has 2 aromatic heterocycles. The number of aromatic nitrogens is 3. The Bertz CT molecular complexity index is 771. The molecule has 3 aromatic rings. The fourth-order valence-corrected chi connectivity index (χ4v) is 2.13. The van der Waals surface area contributed by atoms with Gasteiger partial charge in [-0.15, -0.1) is 0 Å². The first kappa shape index (κ1) is 14.2. The van der Waals surface area contributed by atoms with E-state index in [0.717, 1.165) is 15.4 Å². The van der Waals surface area contributed by atoms with Crippen molar-refractivity contribution in [2.75, 3.05) is 0 Å². The number of fused-ring (bicyclic) bond motifs is 1. The lowest BCUT2D eigenvalue weighted by Gasteiger charge is -2.02. The summed E-state index contributed by atoms with van der Waals surface area (Å²) in [6, 6.07) is 13.2. The molecule has 0 saturated heterocycles. The van der Waals surface area contributed by atoms with E-state index < -0.39 is 0 Å². The molecule has 0 aliphatic carbocycles. The van der Waals surface area contributed by atoms with E-state index >= 15 is 0 Å². The van der Waals surface area contributed by atoms with Crippen LogP contribution in [0.4, 0.5) is 0 Å². The zero-order valence-electron chi connectivity index (χ0n) is 11.2. The van der Waals surface area contributed by atoms with Crippen LogP contribution in [0.15, 0.2) is 47.1 Å². The topological polar surface area (TPSA) is 54.5 Å². The smallest absolute Gasteiger partial charge is 0.155 e. The predicted molar refractivity (Wildman–Crippen MR) is 82.6 cm³/mol. The molecular weight excluding hydrogens is 316 g/mol. The molecule has 0 bridgehead atoms. The van der Waals surface area contributed by atoms with Gasteiger partial charge in [-0.2, -0.15) is 10.4 Å². The van der Waals surface area contributed by atoms with Crippen LogP contribution in [0.1, 0.15) is 19.5 Å². The molecule has 0 amide bonds. The van der Waals surface area contributed by atoms with E-state index in [2.05, 4.69) is 26.0 Å². The van der Waals surface area contributed by atoms with Gasteiger partial charge in [-0.25, -0.2) is 9.67 Å². The van der Waals surface area contributed by atoms with E-state index in [0.29, 0.717) is 11.5 Å². The molecule has 0 aliphatic heterocycles. The van der Waals surface area contributed by atoms with Crippen LogP contribution in [0.3, 0.4) is 0 Å². The minimum atomic E-state index is 0.381. The van der Waals surface area contributed by atoms with E-state index in [4.69, 9.17) is 5.26 Å². The van der Waals surface area contributed by atoms with Gasteiger partial charge in [0.05, 0.1) is 11.7 Å². The Balaban J connectivity index is 0.000000704. The SMILES string of the molecule is CC.N#Cc1cccc(-n2ncc3ccc(Br)cc32)n1. The molecule has 0 saturated carbocycles. The van der Waals surface area contributed by atoms with Crippen molar-refractivity contribution in [3.05, 3.63) is 52.8 Å². The highest BCUT2D eigenvalue weighted by Gasteiger charge is 2.06. The predicted octanol–water partition coefficient (Wildman–Crippen LogP) is 4.08. The van der Waals surface area contributed by atoms with Crippen molar-refractivity contribution in [2.45, 2.75) is 13.8 Å². The van der Waals surface area contributed by atoms with E-state index in [1.54, 1.807) is 23.0 Å². The Kier molecular flexibility index (Phi) is 4.49. The molecule has 0 aliphatic rings. The third-order valence-electron chi connectivity index (χ3n) is 2.60. The number of hydrogen-bond acceptors (Lipinski definition) is 3. The molecule has 5 heteroatoms. The maximum atomic E-state index is 8.87. The molecule has 0 radical (unpaired) electrons.